The molecular formula is C20H16BrCl2FN4O. The zero-order valence-corrected chi connectivity index (χ0v) is 18.6. The monoisotopic (exact) mass is 496 g/mol. The Kier molecular flexibility index (Phi) is 5.40. The zero-order valence-electron chi connectivity index (χ0n) is 15.5. The molecule has 0 aromatic heterocycles. The van der Waals surface area contributed by atoms with E-state index in [9.17, 15) is 9.18 Å². The van der Waals surface area contributed by atoms with Crippen LogP contribution in [0.2, 0.25) is 10.0 Å². The van der Waals surface area contributed by atoms with Crippen molar-refractivity contribution >= 4 is 61.4 Å². The van der Waals surface area contributed by atoms with E-state index in [1.54, 1.807) is 18.2 Å². The lowest BCUT2D eigenvalue weighted by atomic mass is 9.93. The minimum Gasteiger partial charge on any atom is -0.336 e. The third kappa shape index (κ3) is 3.45. The fraction of sp³-hybridized carbons (Fsp3) is 0.250. The highest BCUT2D eigenvalue weighted by atomic mass is 79.9. The third-order valence-corrected chi connectivity index (χ3v) is 6.07. The second-order valence-corrected chi connectivity index (χ2v) is 8.57. The van der Waals surface area contributed by atoms with Crippen molar-refractivity contribution in [2.24, 2.45) is 9.98 Å². The van der Waals surface area contributed by atoms with Crippen molar-refractivity contribution in [1.82, 2.24) is 4.90 Å². The average Bonchev–Trinajstić information content (AvgIpc) is 2.99. The Balaban J connectivity index is 1.94. The van der Waals surface area contributed by atoms with Gasteiger partial charge in [-0.2, -0.15) is 4.99 Å². The number of amides is 2. The number of hydrogen-bond acceptors (Lipinski definition) is 3. The number of urea groups is 1. The summed E-state index contributed by atoms with van der Waals surface area (Å²) in [5, 5.41) is 0.499. The first kappa shape index (κ1) is 20.3. The summed E-state index contributed by atoms with van der Waals surface area (Å²) in [6.07, 6.45) is 0. The molecule has 9 heteroatoms. The van der Waals surface area contributed by atoms with Gasteiger partial charge < -0.3 is 4.90 Å². The molecule has 4 rings (SSSR count). The summed E-state index contributed by atoms with van der Waals surface area (Å²) in [6.45, 7) is 4.03. The fourth-order valence-electron chi connectivity index (χ4n) is 3.71. The van der Waals surface area contributed by atoms with Crippen LogP contribution in [-0.2, 0) is 0 Å². The molecular weight excluding hydrogens is 482 g/mol. The lowest BCUT2D eigenvalue weighted by molar-refractivity contribution is 0.239. The van der Waals surface area contributed by atoms with Crippen LogP contribution < -0.4 is 4.90 Å². The van der Waals surface area contributed by atoms with Crippen LogP contribution >= 0.6 is 39.1 Å². The molecule has 0 radical (unpaired) electrons. The van der Waals surface area contributed by atoms with Crippen molar-refractivity contribution in [3.63, 3.8) is 0 Å². The average molecular weight is 498 g/mol. The predicted molar refractivity (Wildman–Crippen MR) is 118 cm³/mol. The van der Waals surface area contributed by atoms with E-state index in [4.69, 9.17) is 23.2 Å². The maximum Gasteiger partial charge on any atom is 0.350 e. The van der Waals surface area contributed by atoms with Gasteiger partial charge in [0.15, 0.2) is 16.4 Å². The summed E-state index contributed by atoms with van der Waals surface area (Å²) in [5.41, 5.74) is 0.847. The molecule has 5 nitrogen and oxygen atoms in total. The minimum absolute atomic E-state index is 0.0554. The van der Waals surface area contributed by atoms with E-state index in [1.807, 2.05) is 30.9 Å². The van der Waals surface area contributed by atoms with Gasteiger partial charge in [0.25, 0.3) is 0 Å². The molecule has 0 N–H and O–H groups in total. The second kappa shape index (κ2) is 7.70. The standard InChI is InChI=1S/C20H16BrCl2FN4O/c1-10(2)27-17-16(11-6-8-12(22)9-7-11)28(14-5-3-4-13(23)15(14)24)20(29)26-18(17)25-19(27)21/h3-10,16-17H,1-2H3. The van der Waals surface area contributed by atoms with Crippen molar-refractivity contribution in [3.8, 4) is 0 Å². The first-order valence-electron chi connectivity index (χ1n) is 8.93. The minimum atomic E-state index is -0.672. The molecule has 0 saturated carbocycles. The normalized spacial score (nSPS) is 21.4. The number of anilines is 1. The number of halogens is 4. The summed E-state index contributed by atoms with van der Waals surface area (Å²) >= 11 is 15.6. The molecule has 2 aliphatic heterocycles. The van der Waals surface area contributed by atoms with Crippen LogP contribution in [0.4, 0.5) is 14.9 Å². The maximum absolute atomic E-state index is 14.9. The second-order valence-electron chi connectivity index (χ2n) is 7.02. The molecule has 0 spiro atoms. The third-order valence-electron chi connectivity index (χ3n) is 4.94. The van der Waals surface area contributed by atoms with Gasteiger partial charge in [-0.15, -0.1) is 0 Å². The Hall–Kier alpha value is -1.96. The molecule has 0 fully saturated rings. The number of amidine groups is 2. The highest BCUT2D eigenvalue weighted by molar-refractivity contribution is 9.18. The Bertz CT molecular complexity index is 1040. The van der Waals surface area contributed by atoms with Crippen LogP contribution in [0.1, 0.15) is 25.5 Å². The molecule has 2 heterocycles. The van der Waals surface area contributed by atoms with Crippen molar-refractivity contribution in [1.29, 1.82) is 0 Å². The van der Waals surface area contributed by atoms with E-state index in [0.29, 0.717) is 15.6 Å². The van der Waals surface area contributed by atoms with Crippen molar-refractivity contribution in [2.45, 2.75) is 32.0 Å². The van der Waals surface area contributed by atoms with E-state index >= 15 is 0 Å². The SMILES string of the molecule is CC(C)N1C(Br)=NC2=NC(=O)N(c3cccc(Cl)c3F)C(c3ccc(Cl)cc3)C21. The van der Waals surface area contributed by atoms with Gasteiger partial charge in [-0.3, -0.25) is 4.90 Å². The Morgan fingerprint density at radius 3 is 2.41 bits per heavy atom. The van der Waals surface area contributed by atoms with Crippen molar-refractivity contribution in [3.05, 3.63) is 63.9 Å². The molecule has 150 valence electrons. The number of benzene rings is 2. The van der Waals surface area contributed by atoms with Gasteiger partial charge >= 0.3 is 6.03 Å². The molecule has 29 heavy (non-hydrogen) atoms. The van der Waals surface area contributed by atoms with Crippen LogP contribution in [0.15, 0.2) is 52.4 Å². The van der Waals surface area contributed by atoms with Crippen molar-refractivity contribution in [2.75, 3.05) is 4.90 Å². The summed E-state index contributed by atoms with van der Waals surface area (Å²) in [5.74, 6) is -0.289. The van der Waals surface area contributed by atoms with E-state index in [-0.39, 0.29) is 16.8 Å². The lowest BCUT2D eigenvalue weighted by Gasteiger charge is -2.42. The maximum atomic E-state index is 14.9. The molecule has 0 saturated heterocycles. The molecule has 2 atom stereocenters. The Morgan fingerprint density at radius 2 is 1.76 bits per heavy atom. The molecule has 0 aliphatic carbocycles. The summed E-state index contributed by atoms with van der Waals surface area (Å²) < 4.78 is 15.5. The van der Waals surface area contributed by atoms with E-state index in [1.165, 1.54) is 17.0 Å². The van der Waals surface area contributed by atoms with Crippen LogP contribution in [-0.4, -0.2) is 33.6 Å². The van der Waals surface area contributed by atoms with Crippen LogP contribution in [0.3, 0.4) is 0 Å². The van der Waals surface area contributed by atoms with Gasteiger partial charge in [0.1, 0.15) is 6.04 Å². The lowest BCUT2D eigenvalue weighted by Crippen LogP contribution is -2.54. The fourth-order valence-corrected chi connectivity index (χ4v) is 4.82. The van der Waals surface area contributed by atoms with Gasteiger partial charge in [-0.05, 0) is 59.6 Å². The van der Waals surface area contributed by atoms with Gasteiger partial charge in [0, 0.05) is 11.1 Å². The molecule has 2 unspecified atom stereocenters. The highest BCUT2D eigenvalue weighted by Crippen LogP contribution is 2.42. The molecule has 2 aromatic carbocycles. The molecule has 2 amide bonds. The number of rotatable bonds is 3. The van der Waals surface area contributed by atoms with E-state index < -0.39 is 23.9 Å². The molecule has 0 bridgehead atoms. The topological polar surface area (TPSA) is 48.3 Å². The van der Waals surface area contributed by atoms with Gasteiger partial charge in [0.2, 0.25) is 0 Å². The van der Waals surface area contributed by atoms with Crippen LogP contribution in [0.5, 0.6) is 0 Å². The number of aliphatic imine (C=N–C) groups is 2. The zero-order chi connectivity index (χ0) is 20.9. The predicted octanol–water partition coefficient (Wildman–Crippen LogP) is 6.06. The largest absolute Gasteiger partial charge is 0.350 e. The number of hydrogen-bond donors (Lipinski definition) is 0. The number of fused-ring (bicyclic) bond motifs is 1. The van der Waals surface area contributed by atoms with Gasteiger partial charge in [0.05, 0.1) is 16.8 Å². The first-order valence-corrected chi connectivity index (χ1v) is 10.5. The quantitative estimate of drug-likeness (QED) is 0.484. The van der Waals surface area contributed by atoms with Gasteiger partial charge in [-0.25, -0.2) is 14.2 Å². The summed E-state index contributed by atoms with van der Waals surface area (Å²) in [7, 11) is 0. The van der Waals surface area contributed by atoms with Crippen LogP contribution in [0.25, 0.3) is 0 Å². The number of carbonyl (C=O) groups is 1. The van der Waals surface area contributed by atoms with Crippen molar-refractivity contribution < 1.29 is 9.18 Å². The highest BCUT2D eigenvalue weighted by Gasteiger charge is 2.48. The Morgan fingerprint density at radius 1 is 1.07 bits per heavy atom. The first-order chi connectivity index (χ1) is 13.8. The summed E-state index contributed by atoms with van der Waals surface area (Å²) in [4.78, 5) is 25.0. The van der Waals surface area contributed by atoms with E-state index in [2.05, 4.69) is 25.9 Å². The Labute approximate surface area is 186 Å². The van der Waals surface area contributed by atoms with Crippen LogP contribution in [0, 0.1) is 5.82 Å². The number of nitrogens with zero attached hydrogens (tertiary/aromatic N) is 4. The molecule has 2 aliphatic rings. The smallest absolute Gasteiger partial charge is 0.336 e. The number of carbonyl (C=O) groups excluding carboxylic acids is 1. The van der Waals surface area contributed by atoms with Gasteiger partial charge in [-0.1, -0.05) is 41.4 Å². The van der Waals surface area contributed by atoms with E-state index in [0.717, 1.165) is 5.56 Å². The summed E-state index contributed by atoms with van der Waals surface area (Å²) in [6, 6.07) is 10.2. The molecule has 2 aromatic rings.